The Kier molecular flexibility index (Phi) is 5.22. The fourth-order valence-corrected chi connectivity index (χ4v) is 3.54. The van der Waals surface area contributed by atoms with Crippen LogP contribution in [0.5, 0.6) is 0 Å². The van der Waals surface area contributed by atoms with Crippen LogP contribution in [-0.4, -0.2) is 26.0 Å². The van der Waals surface area contributed by atoms with Gasteiger partial charge in [-0.3, -0.25) is 23.6 Å². The van der Waals surface area contributed by atoms with Crippen LogP contribution in [0.4, 0.5) is 4.79 Å². The predicted molar refractivity (Wildman–Crippen MR) is 104 cm³/mol. The van der Waals surface area contributed by atoms with E-state index < -0.39 is 22.8 Å². The summed E-state index contributed by atoms with van der Waals surface area (Å²) in [7, 11) is 2.89. The zero-order valence-electron chi connectivity index (χ0n) is 16.3. The number of nitrogens with zero attached hydrogens (tertiary/aromatic N) is 3. The van der Waals surface area contributed by atoms with Crippen molar-refractivity contribution in [2.45, 2.75) is 38.3 Å². The lowest BCUT2D eigenvalue weighted by molar-refractivity contribution is -0.132. The summed E-state index contributed by atoms with van der Waals surface area (Å²) in [5, 5.41) is 2.87. The van der Waals surface area contributed by atoms with Gasteiger partial charge in [-0.05, 0) is 12.0 Å². The van der Waals surface area contributed by atoms with Crippen LogP contribution in [0.25, 0.3) is 0 Å². The smallest absolute Gasteiger partial charge is 0.319 e. The molecule has 1 saturated heterocycles. The fraction of sp³-hybridized carbons (Fsp3) is 0.400. The maximum atomic E-state index is 13.4. The van der Waals surface area contributed by atoms with E-state index in [1.807, 2.05) is 37.3 Å². The van der Waals surface area contributed by atoms with Crippen molar-refractivity contribution in [1.82, 2.24) is 19.4 Å². The van der Waals surface area contributed by atoms with Crippen molar-refractivity contribution in [1.29, 1.82) is 0 Å². The molecule has 28 heavy (non-hydrogen) atoms. The van der Waals surface area contributed by atoms with Crippen molar-refractivity contribution in [3.63, 3.8) is 0 Å². The van der Waals surface area contributed by atoms with Crippen molar-refractivity contribution >= 4 is 11.9 Å². The highest BCUT2D eigenvalue weighted by Crippen LogP contribution is 2.34. The first-order valence-electron chi connectivity index (χ1n) is 9.27. The van der Waals surface area contributed by atoms with Crippen LogP contribution >= 0.6 is 0 Å². The number of urea groups is 1. The van der Waals surface area contributed by atoms with Crippen LogP contribution in [0.3, 0.4) is 0 Å². The first-order chi connectivity index (χ1) is 13.3. The third kappa shape index (κ3) is 3.15. The van der Waals surface area contributed by atoms with Gasteiger partial charge in [0.15, 0.2) is 0 Å². The molecule has 1 atom stereocenters. The number of hydrogen-bond donors (Lipinski definition) is 1. The maximum Gasteiger partial charge on any atom is 0.330 e. The number of imide groups is 1. The SMILES string of the molecule is CCCCC1(c2ccccc2)NC(=O)N(Cc2cc(=O)n(C)c(=O)n2C)C1=O. The van der Waals surface area contributed by atoms with Gasteiger partial charge < -0.3 is 5.32 Å². The van der Waals surface area contributed by atoms with Gasteiger partial charge in [0.25, 0.3) is 11.5 Å². The van der Waals surface area contributed by atoms with Gasteiger partial charge in [-0.15, -0.1) is 0 Å². The summed E-state index contributed by atoms with van der Waals surface area (Å²) in [5.41, 5.74) is -1.09. The summed E-state index contributed by atoms with van der Waals surface area (Å²) in [6.07, 6.45) is 2.12. The molecular weight excluding hydrogens is 360 g/mol. The van der Waals surface area contributed by atoms with E-state index in [0.29, 0.717) is 12.1 Å². The van der Waals surface area contributed by atoms with Gasteiger partial charge in [0, 0.05) is 25.9 Å². The maximum absolute atomic E-state index is 13.4. The highest BCUT2D eigenvalue weighted by atomic mass is 16.2. The first kappa shape index (κ1) is 19.6. The second kappa shape index (κ2) is 7.46. The second-order valence-electron chi connectivity index (χ2n) is 7.07. The van der Waals surface area contributed by atoms with Gasteiger partial charge in [-0.25, -0.2) is 9.59 Å². The largest absolute Gasteiger partial charge is 0.330 e. The number of unbranched alkanes of at least 4 members (excludes halogenated alkanes) is 1. The zero-order chi connectivity index (χ0) is 20.5. The molecule has 1 aliphatic rings. The summed E-state index contributed by atoms with van der Waals surface area (Å²) >= 11 is 0. The quantitative estimate of drug-likeness (QED) is 0.758. The average Bonchev–Trinajstić information content (AvgIpc) is 2.94. The molecule has 0 aliphatic carbocycles. The minimum Gasteiger partial charge on any atom is -0.319 e. The predicted octanol–water partition coefficient (Wildman–Crippen LogP) is 1.22. The van der Waals surface area contributed by atoms with Gasteiger partial charge in [0.05, 0.1) is 6.54 Å². The summed E-state index contributed by atoms with van der Waals surface area (Å²) < 4.78 is 2.25. The molecule has 2 aromatic rings. The molecule has 3 rings (SSSR count). The van der Waals surface area contributed by atoms with Gasteiger partial charge in [-0.1, -0.05) is 50.1 Å². The van der Waals surface area contributed by atoms with Crippen LogP contribution in [0.1, 0.15) is 37.4 Å². The van der Waals surface area contributed by atoms with Gasteiger partial charge in [-0.2, -0.15) is 0 Å². The Morgan fingerprint density at radius 3 is 2.32 bits per heavy atom. The molecule has 1 unspecified atom stereocenters. The van der Waals surface area contributed by atoms with Gasteiger partial charge in [0.1, 0.15) is 5.54 Å². The standard InChI is InChI=1S/C20H24N4O4/c1-4-5-11-20(14-9-7-6-8-10-14)17(26)24(18(27)21-20)13-15-12-16(25)23(3)19(28)22(15)2/h6-10,12H,4-5,11,13H2,1-3H3,(H,21,27). The lowest BCUT2D eigenvalue weighted by Gasteiger charge is -2.27. The number of aromatic nitrogens is 2. The molecule has 0 radical (unpaired) electrons. The Morgan fingerprint density at radius 2 is 1.68 bits per heavy atom. The van der Waals surface area contributed by atoms with E-state index in [9.17, 15) is 19.2 Å². The molecule has 1 aromatic heterocycles. The van der Waals surface area contributed by atoms with Crippen LogP contribution in [-0.2, 0) is 31.0 Å². The average molecular weight is 384 g/mol. The first-order valence-corrected chi connectivity index (χ1v) is 9.27. The number of nitrogens with one attached hydrogen (secondary N) is 1. The van der Waals surface area contributed by atoms with E-state index in [2.05, 4.69) is 5.32 Å². The van der Waals surface area contributed by atoms with Crippen molar-refractivity contribution in [2.75, 3.05) is 0 Å². The molecule has 148 valence electrons. The molecular formula is C20H24N4O4. The number of hydrogen-bond acceptors (Lipinski definition) is 4. The Morgan fingerprint density at radius 1 is 1.00 bits per heavy atom. The Balaban J connectivity index is 2.01. The molecule has 1 fully saturated rings. The molecule has 1 N–H and O–H groups in total. The van der Waals surface area contributed by atoms with E-state index in [1.165, 1.54) is 24.7 Å². The second-order valence-corrected chi connectivity index (χ2v) is 7.07. The minimum atomic E-state index is -1.13. The Labute approximate surface area is 162 Å². The zero-order valence-corrected chi connectivity index (χ0v) is 16.3. The van der Waals surface area contributed by atoms with Crippen LogP contribution in [0.15, 0.2) is 46.0 Å². The molecule has 0 saturated carbocycles. The Bertz CT molecular complexity index is 1020. The summed E-state index contributed by atoms with van der Waals surface area (Å²) in [5.74, 6) is -0.370. The fourth-order valence-electron chi connectivity index (χ4n) is 3.54. The number of carbonyl (C=O) groups is 2. The van der Waals surface area contributed by atoms with E-state index in [1.54, 1.807) is 0 Å². The molecule has 0 bridgehead atoms. The number of carbonyl (C=O) groups excluding carboxylic acids is 2. The van der Waals surface area contributed by atoms with Crippen LogP contribution < -0.4 is 16.6 Å². The molecule has 1 aliphatic heterocycles. The lowest BCUT2D eigenvalue weighted by Crippen LogP contribution is -2.44. The third-order valence-electron chi connectivity index (χ3n) is 5.29. The van der Waals surface area contributed by atoms with Gasteiger partial charge >= 0.3 is 11.7 Å². The topological polar surface area (TPSA) is 93.4 Å². The number of amides is 3. The highest BCUT2D eigenvalue weighted by Gasteiger charge is 2.51. The molecule has 2 heterocycles. The normalized spacial score (nSPS) is 19.2. The van der Waals surface area contributed by atoms with Crippen molar-refractivity contribution in [3.8, 4) is 0 Å². The van der Waals surface area contributed by atoms with E-state index in [-0.39, 0.29) is 12.5 Å². The van der Waals surface area contributed by atoms with E-state index >= 15 is 0 Å². The molecule has 3 amide bonds. The van der Waals surface area contributed by atoms with E-state index in [0.717, 1.165) is 27.9 Å². The van der Waals surface area contributed by atoms with Crippen molar-refractivity contribution in [2.24, 2.45) is 14.1 Å². The molecule has 0 spiro atoms. The van der Waals surface area contributed by atoms with Crippen LogP contribution in [0.2, 0.25) is 0 Å². The molecule has 1 aromatic carbocycles. The molecule has 8 heteroatoms. The van der Waals surface area contributed by atoms with Crippen molar-refractivity contribution < 1.29 is 9.59 Å². The van der Waals surface area contributed by atoms with E-state index in [4.69, 9.17) is 0 Å². The minimum absolute atomic E-state index is 0.146. The van der Waals surface area contributed by atoms with Gasteiger partial charge in [0.2, 0.25) is 0 Å². The monoisotopic (exact) mass is 384 g/mol. The summed E-state index contributed by atoms with van der Waals surface area (Å²) in [6, 6.07) is 9.91. The van der Waals surface area contributed by atoms with Crippen LogP contribution in [0, 0.1) is 0 Å². The van der Waals surface area contributed by atoms with Crippen molar-refractivity contribution in [3.05, 3.63) is 68.5 Å². The number of benzene rings is 1. The molecule has 8 nitrogen and oxygen atoms in total. The third-order valence-corrected chi connectivity index (χ3v) is 5.29. The summed E-state index contributed by atoms with van der Waals surface area (Å²) in [6.45, 7) is 1.88. The Hall–Kier alpha value is -3.16. The highest BCUT2D eigenvalue weighted by molar-refractivity contribution is 6.07. The summed E-state index contributed by atoms with van der Waals surface area (Å²) in [4.78, 5) is 51.3. The lowest BCUT2D eigenvalue weighted by atomic mass is 9.85. The number of rotatable bonds is 6.